The van der Waals surface area contributed by atoms with Gasteiger partial charge < -0.3 is 10.2 Å². The summed E-state index contributed by atoms with van der Waals surface area (Å²) in [7, 11) is 0. The molecule has 1 atom stereocenters. The predicted octanol–water partition coefficient (Wildman–Crippen LogP) is 3.63. The van der Waals surface area contributed by atoms with Gasteiger partial charge in [-0.2, -0.15) is 0 Å². The van der Waals surface area contributed by atoms with Crippen molar-refractivity contribution in [3.05, 3.63) is 64.7 Å². The van der Waals surface area contributed by atoms with Gasteiger partial charge in [0.2, 0.25) is 5.91 Å². The van der Waals surface area contributed by atoms with Crippen LogP contribution in [-0.4, -0.2) is 42.1 Å². The molecule has 28 heavy (non-hydrogen) atoms. The molecule has 2 aromatic rings. The van der Waals surface area contributed by atoms with E-state index in [2.05, 4.69) is 39.4 Å². The molecular formula is C23H26ClN3O. The molecule has 3 aliphatic rings. The van der Waals surface area contributed by atoms with E-state index in [1.807, 2.05) is 24.3 Å². The molecular weight excluding hydrogens is 370 g/mol. The lowest BCUT2D eigenvalue weighted by Gasteiger charge is -2.46. The van der Waals surface area contributed by atoms with Crippen molar-refractivity contribution >= 4 is 23.2 Å². The van der Waals surface area contributed by atoms with Crippen LogP contribution in [0.15, 0.2) is 48.5 Å². The second-order valence-electron chi connectivity index (χ2n) is 8.27. The SMILES string of the molecule is O=C1NCN(c2ccccc2)C12CCN([C@@H]1CCc3cccc(Cl)c3C1)CC2. The molecule has 146 valence electrons. The van der Waals surface area contributed by atoms with Gasteiger partial charge in [0.1, 0.15) is 5.54 Å². The number of carbonyl (C=O) groups is 1. The number of rotatable bonds is 2. The Morgan fingerprint density at radius 1 is 1.04 bits per heavy atom. The number of halogens is 1. The lowest BCUT2D eigenvalue weighted by atomic mass is 9.82. The molecule has 0 saturated carbocycles. The summed E-state index contributed by atoms with van der Waals surface area (Å²) in [6, 6.07) is 17.1. The molecule has 1 aliphatic carbocycles. The predicted molar refractivity (Wildman–Crippen MR) is 113 cm³/mol. The molecule has 2 saturated heterocycles. The van der Waals surface area contributed by atoms with Gasteiger partial charge in [-0.15, -0.1) is 0 Å². The second kappa shape index (κ2) is 7.09. The first kappa shape index (κ1) is 18.0. The third-order valence-electron chi connectivity index (χ3n) is 6.95. The summed E-state index contributed by atoms with van der Waals surface area (Å²) in [5.74, 6) is 0.188. The Hall–Kier alpha value is -2.04. The number of nitrogens with one attached hydrogen (secondary N) is 1. The van der Waals surface area contributed by atoms with E-state index in [4.69, 9.17) is 11.6 Å². The Balaban J connectivity index is 1.32. The van der Waals surface area contributed by atoms with Crippen molar-refractivity contribution in [3.63, 3.8) is 0 Å². The van der Waals surface area contributed by atoms with Crippen molar-refractivity contribution < 1.29 is 4.79 Å². The molecule has 2 aromatic carbocycles. The summed E-state index contributed by atoms with van der Waals surface area (Å²) < 4.78 is 0. The van der Waals surface area contributed by atoms with E-state index >= 15 is 0 Å². The van der Waals surface area contributed by atoms with E-state index in [0.29, 0.717) is 12.7 Å². The molecule has 1 spiro atoms. The number of likely N-dealkylation sites (tertiary alicyclic amines) is 1. The summed E-state index contributed by atoms with van der Waals surface area (Å²) in [5, 5.41) is 4.00. The Morgan fingerprint density at radius 2 is 1.82 bits per heavy atom. The molecule has 2 fully saturated rings. The minimum Gasteiger partial charge on any atom is -0.339 e. The van der Waals surface area contributed by atoms with Gasteiger partial charge in [0.05, 0.1) is 6.67 Å². The Morgan fingerprint density at radius 3 is 2.61 bits per heavy atom. The third-order valence-corrected chi connectivity index (χ3v) is 7.30. The van der Waals surface area contributed by atoms with Crippen molar-refractivity contribution in [3.8, 4) is 0 Å². The fourth-order valence-corrected chi connectivity index (χ4v) is 5.60. The highest BCUT2D eigenvalue weighted by Crippen LogP contribution is 2.38. The van der Waals surface area contributed by atoms with Gasteiger partial charge in [0.15, 0.2) is 0 Å². The van der Waals surface area contributed by atoms with E-state index in [-0.39, 0.29) is 5.91 Å². The monoisotopic (exact) mass is 395 g/mol. The normalized spacial score (nSPS) is 24.2. The molecule has 0 aromatic heterocycles. The number of amides is 1. The second-order valence-corrected chi connectivity index (χ2v) is 8.68. The first-order valence-corrected chi connectivity index (χ1v) is 10.7. The molecule has 0 unspecified atom stereocenters. The smallest absolute Gasteiger partial charge is 0.247 e. The topological polar surface area (TPSA) is 35.6 Å². The van der Waals surface area contributed by atoms with E-state index < -0.39 is 5.54 Å². The van der Waals surface area contributed by atoms with E-state index in [1.165, 1.54) is 17.5 Å². The van der Waals surface area contributed by atoms with Crippen LogP contribution in [0.4, 0.5) is 5.69 Å². The van der Waals surface area contributed by atoms with Crippen LogP contribution >= 0.6 is 11.6 Å². The van der Waals surface area contributed by atoms with Crippen LogP contribution in [0.5, 0.6) is 0 Å². The van der Waals surface area contributed by atoms with Gasteiger partial charge >= 0.3 is 0 Å². The highest BCUT2D eigenvalue weighted by molar-refractivity contribution is 6.31. The molecule has 5 rings (SSSR count). The van der Waals surface area contributed by atoms with E-state index in [9.17, 15) is 4.79 Å². The number of para-hydroxylation sites is 1. The maximum atomic E-state index is 12.8. The number of aryl methyl sites for hydroxylation is 1. The van der Waals surface area contributed by atoms with Gasteiger partial charge in [0.25, 0.3) is 0 Å². The molecule has 2 heterocycles. The summed E-state index contributed by atoms with van der Waals surface area (Å²) >= 11 is 6.47. The molecule has 2 aliphatic heterocycles. The van der Waals surface area contributed by atoms with Crippen LogP contribution in [0, 0.1) is 0 Å². The van der Waals surface area contributed by atoms with Crippen molar-refractivity contribution in [2.24, 2.45) is 0 Å². The van der Waals surface area contributed by atoms with E-state index in [0.717, 1.165) is 49.5 Å². The van der Waals surface area contributed by atoms with Crippen LogP contribution < -0.4 is 10.2 Å². The van der Waals surface area contributed by atoms with Gasteiger partial charge in [-0.05, 0) is 61.4 Å². The highest BCUT2D eigenvalue weighted by atomic mass is 35.5. The van der Waals surface area contributed by atoms with Gasteiger partial charge in [-0.3, -0.25) is 9.69 Å². The van der Waals surface area contributed by atoms with Gasteiger partial charge in [-0.25, -0.2) is 0 Å². The van der Waals surface area contributed by atoms with Crippen LogP contribution in [0.3, 0.4) is 0 Å². The Kier molecular flexibility index (Phi) is 4.56. The molecule has 0 radical (unpaired) electrons. The number of benzene rings is 2. The number of piperidine rings is 1. The summed E-state index contributed by atoms with van der Waals surface area (Å²) in [4.78, 5) is 17.7. The number of nitrogens with zero attached hydrogens (tertiary/aromatic N) is 2. The fraction of sp³-hybridized carbons (Fsp3) is 0.435. The zero-order valence-electron chi connectivity index (χ0n) is 16.0. The Labute approximate surface area is 171 Å². The van der Waals surface area contributed by atoms with Crippen LogP contribution in [-0.2, 0) is 17.6 Å². The van der Waals surface area contributed by atoms with Gasteiger partial charge in [0, 0.05) is 29.8 Å². The number of anilines is 1. The van der Waals surface area contributed by atoms with Crippen molar-refractivity contribution in [2.45, 2.75) is 43.7 Å². The molecule has 0 bridgehead atoms. The summed E-state index contributed by atoms with van der Waals surface area (Å²) in [6.45, 7) is 2.53. The van der Waals surface area contributed by atoms with Crippen LogP contribution in [0.1, 0.15) is 30.4 Å². The summed E-state index contributed by atoms with van der Waals surface area (Å²) in [6.07, 6.45) is 5.05. The zero-order valence-corrected chi connectivity index (χ0v) is 16.8. The van der Waals surface area contributed by atoms with Gasteiger partial charge in [-0.1, -0.05) is 41.9 Å². The standard InChI is InChI=1S/C23H26ClN3O/c24-21-8-4-5-17-9-10-19(15-20(17)21)26-13-11-23(12-14-26)22(28)25-16-27(23)18-6-2-1-3-7-18/h1-8,19H,9-16H2,(H,25,28)/t19-/m1/s1. The minimum absolute atomic E-state index is 0.188. The minimum atomic E-state index is -0.401. The average molecular weight is 396 g/mol. The molecule has 1 amide bonds. The number of hydrogen-bond acceptors (Lipinski definition) is 3. The first-order valence-electron chi connectivity index (χ1n) is 10.3. The lowest BCUT2D eigenvalue weighted by molar-refractivity contribution is -0.125. The van der Waals surface area contributed by atoms with Crippen molar-refractivity contribution in [1.82, 2.24) is 10.2 Å². The fourth-order valence-electron chi connectivity index (χ4n) is 5.33. The maximum Gasteiger partial charge on any atom is 0.247 e. The molecule has 1 N–H and O–H groups in total. The number of fused-ring (bicyclic) bond motifs is 1. The maximum absolute atomic E-state index is 12.8. The quantitative estimate of drug-likeness (QED) is 0.843. The number of carbonyl (C=O) groups excluding carboxylic acids is 1. The highest BCUT2D eigenvalue weighted by Gasteiger charge is 2.50. The van der Waals surface area contributed by atoms with Crippen LogP contribution in [0.25, 0.3) is 0 Å². The largest absolute Gasteiger partial charge is 0.339 e. The third kappa shape index (κ3) is 2.90. The van der Waals surface area contributed by atoms with E-state index in [1.54, 1.807) is 0 Å². The Bertz CT molecular complexity index is 877. The van der Waals surface area contributed by atoms with Crippen molar-refractivity contribution in [2.75, 3.05) is 24.7 Å². The molecule has 4 nitrogen and oxygen atoms in total. The zero-order chi connectivity index (χ0) is 19.1. The lowest BCUT2D eigenvalue weighted by Crippen LogP contribution is -2.58. The van der Waals surface area contributed by atoms with Crippen LogP contribution in [0.2, 0.25) is 5.02 Å². The van der Waals surface area contributed by atoms with Crippen molar-refractivity contribution in [1.29, 1.82) is 0 Å². The first-order chi connectivity index (χ1) is 13.7. The number of hydrogen-bond donors (Lipinski definition) is 1. The summed E-state index contributed by atoms with van der Waals surface area (Å²) in [5.41, 5.74) is 3.46. The average Bonchev–Trinajstić information content (AvgIpc) is 3.05. The molecule has 5 heteroatoms.